The van der Waals surface area contributed by atoms with Gasteiger partial charge in [0.2, 0.25) is 0 Å². The summed E-state index contributed by atoms with van der Waals surface area (Å²) in [4.78, 5) is 24.7. The number of nitro benzene ring substituents is 2. The normalized spacial score (nSPS) is 10.8. The molecule has 0 aliphatic heterocycles. The number of fused-ring (bicyclic) bond motifs is 2. The smallest absolute Gasteiger partial charge is 0.271 e. The molecule has 2 N–H and O–H groups in total. The molecule has 0 saturated carbocycles. The number of hydrogen-bond acceptors (Lipinski definition) is 7. The van der Waals surface area contributed by atoms with E-state index in [1.54, 1.807) is 0 Å². The van der Waals surface area contributed by atoms with E-state index in [1.165, 1.54) is 36.4 Å². The minimum atomic E-state index is -0.565. The molecule has 0 fully saturated rings. The first-order valence-corrected chi connectivity index (χ1v) is 6.07. The van der Waals surface area contributed by atoms with Gasteiger partial charge in [0.25, 0.3) is 11.4 Å². The number of non-ortho nitro benzene ring substituents is 2. The minimum Gasteiger partial charge on any atom is -0.291 e. The van der Waals surface area contributed by atoms with E-state index < -0.39 is 9.85 Å². The number of anilines is 1. The molecular formula is C13H8N4O5. The number of benzene rings is 2. The predicted molar refractivity (Wildman–Crippen MR) is 78.0 cm³/mol. The fourth-order valence-corrected chi connectivity index (χ4v) is 2.27. The van der Waals surface area contributed by atoms with Gasteiger partial charge in [-0.25, -0.2) is 4.98 Å². The van der Waals surface area contributed by atoms with E-state index in [4.69, 9.17) is 0 Å². The molecule has 0 saturated heterocycles. The molecular weight excluding hydrogens is 292 g/mol. The summed E-state index contributed by atoms with van der Waals surface area (Å²) in [5.41, 5.74) is 2.49. The highest BCUT2D eigenvalue weighted by Crippen LogP contribution is 2.33. The molecule has 3 aromatic rings. The van der Waals surface area contributed by atoms with Crippen molar-refractivity contribution in [2.45, 2.75) is 0 Å². The molecule has 0 aliphatic rings. The number of pyridine rings is 1. The lowest BCUT2D eigenvalue weighted by atomic mass is 10.1. The standard InChI is InChI=1S/C13H8N4O5/c18-15-13-9-3-1-7(16(19)20)5-11(9)14-12-6-8(17(21)22)2-4-10(12)13/h1-6,18H,(H,14,15). The predicted octanol–water partition coefficient (Wildman–Crippen LogP) is 3.01. The van der Waals surface area contributed by atoms with Crippen LogP contribution in [0, 0.1) is 20.2 Å². The summed E-state index contributed by atoms with van der Waals surface area (Å²) in [5, 5.41) is 31.9. The van der Waals surface area contributed by atoms with Crippen molar-refractivity contribution in [1.82, 2.24) is 4.98 Å². The van der Waals surface area contributed by atoms with E-state index >= 15 is 0 Å². The summed E-state index contributed by atoms with van der Waals surface area (Å²) >= 11 is 0. The number of nitrogens with zero attached hydrogens (tertiary/aromatic N) is 3. The Labute approximate surface area is 122 Å². The average Bonchev–Trinajstić information content (AvgIpc) is 2.51. The number of hydrogen-bond donors (Lipinski definition) is 2. The first kappa shape index (κ1) is 13.6. The molecule has 1 aromatic heterocycles. The molecule has 0 amide bonds. The molecule has 2 aromatic carbocycles. The first-order valence-electron chi connectivity index (χ1n) is 6.07. The van der Waals surface area contributed by atoms with Crippen LogP contribution in [0.5, 0.6) is 0 Å². The van der Waals surface area contributed by atoms with Crippen LogP contribution in [0.1, 0.15) is 0 Å². The first-order chi connectivity index (χ1) is 10.5. The summed E-state index contributed by atoms with van der Waals surface area (Å²) in [6.45, 7) is 0. The van der Waals surface area contributed by atoms with Crippen molar-refractivity contribution >= 4 is 38.9 Å². The topological polar surface area (TPSA) is 131 Å². The zero-order valence-electron chi connectivity index (χ0n) is 10.9. The largest absolute Gasteiger partial charge is 0.291 e. The fourth-order valence-electron chi connectivity index (χ4n) is 2.27. The third kappa shape index (κ3) is 2.05. The van der Waals surface area contributed by atoms with Crippen LogP contribution in [0.4, 0.5) is 17.1 Å². The average molecular weight is 300 g/mol. The Bertz CT molecular complexity index is 869. The lowest BCUT2D eigenvalue weighted by Crippen LogP contribution is -1.97. The lowest BCUT2D eigenvalue weighted by molar-refractivity contribution is -0.384. The van der Waals surface area contributed by atoms with Crippen LogP contribution in [0.2, 0.25) is 0 Å². The molecule has 0 bridgehead atoms. The summed E-state index contributed by atoms with van der Waals surface area (Å²) in [6, 6.07) is 7.99. The monoisotopic (exact) mass is 300 g/mol. The van der Waals surface area contributed by atoms with E-state index in [0.29, 0.717) is 10.8 Å². The van der Waals surface area contributed by atoms with E-state index in [9.17, 15) is 25.4 Å². The number of rotatable bonds is 3. The van der Waals surface area contributed by atoms with E-state index in [-0.39, 0.29) is 28.1 Å². The van der Waals surface area contributed by atoms with Crippen LogP contribution >= 0.6 is 0 Å². The molecule has 1 heterocycles. The summed E-state index contributed by atoms with van der Waals surface area (Å²) < 4.78 is 0. The Morgan fingerprint density at radius 2 is 1.36 bits per heavy atom. The van der Waals surface area contributed by atoms with Crippen molar-refractivity contribution in [2.75, 3.05) is 5.48 Å². The molecule has 110 valence electrons. The van der Waals surface area contributed by atoms with Gasteiger partial charge in [-0.05, 0) is 12.1 Å². The Hall–Kier alpha value is -3.33. The van der Waals surface area contributed by atoms with Gasteiger partial charge in [0.05, 0.1) is 26.6 Å². The van der Waals surface area contributed by atoms with Gasteiger partial charge in [0.15, 0.2) is 0 Å². The molecule has 3 rings (SSSR count). The minimum absolute atomic E-state index is 0.159. The van der Waals surface area contributed by atoms with Gasteiger partial charge >= 0.3 is 0 Å². The highest BCUT2D eigenvalue weighted by atomic mass is 16.6. The Morgan fingerprint density at radius 1 is 0.909 bits per heavy atom. The second-order valence-corrected chi connectivity index (χ2v) is 4.52. The van der Waals surface area contributed by atoms with Crippen molar-refractivity contribution < 1.29 is 15.1 Å². The summed E-state index contributed by atoms with van der Waals surface area (Å²) in [5.74, 6) is 0. The quantitative estimate of drug-likeness (QED) is 0.431. The fraction of sp³-hybridized carbons (Fsp3) is 0. The maximum Gasteiger partial charge on any atom is 0.271 e. The van der Waals surface area contributed by atoms with Gasteiger partial charge in [-0.1, -0.05) is 0 Å². The zero-order chi connectivity index (χ0) is 15.9. The second-order valence-electron chi connectivity index (χ2n) is 4.52. The Kier molecular flexibility index (Phi) is 3.04. The van der Waals surface area contributed by atoms with Crippen LogP contribution < -0.4 is 5.48 Å². The van der Waals surface area contributed by atoms with Crippen molar-refractivity contribution in [3.05, 3.63) is 56.6 Å². The highest BCUT2D eigenvalue weighted by molar-refractivity contribution is 6.07. The van der Waals surface area contributed by atoms with E-state index in [0.717, 1.165) is 0 Å². The molecule has 22 heavy (non-hydrogen) atoms. The number of nitrogens with one attached hydrogen (secondary N) is 1. The van der Waals surface area contributed by atoms with Gasteiger partial charge in [-0.15, -0.1) is 0 Å². The third-order valence-corrected chi connectivity index (χ3v) is 3.28. The van der Waals surface area contributed by atoms with Gasteiger partial charge in [0.1, 0.15) is 0 Å². The van der Waals surface area contributed by atoms with Crippen LogP contribution in [0.15, 0.2) is 36.4 Å². The third-order valence-electron chi connectivity index (χ3n) is 3.28. The molecule has 0 spiro atoms. The van der Waals surface area contributed by atoms with Crippen molar-refractivity contribution in [1.29, 1.82) is 0 Å². The number of aromatic nitrogens is 1. The molecule has 9 nitrogen and oxygen atoms in total. The summed E-state index contributed by atoms with van der Waals surface area (Å²) in [7, 11) is 0. The SMILES string of the molecule is O=[N+]([O-])c1ccc2c(NO)c3ccc([N+](=O)[O-])cc3nc2c1. The van der Waals surface area contributed by atoms with Crippen LogP contribution in [0.3, 0.4) is 0 Å². The van der Waals surface area contributed by atoms with Crippen LogP contribution in [-0.4, -0.2) is 20.0 Å². The van der Waals surface area contributed by atoms with Crippen LogP contribution in [0.25, 0.3) is 21.8 Å². The van der Waals surface area contributed by atoms with Crippen LogP contribution in [-0.2, 0) is 0 Å². The molecule has 0 aliphatic carbocycles. The maximum atomic E-state index is 10.8. The molecule has 0 radical (unpaired) electrons. The molecule has 0 atom stereocenters. The Morgan fingerprint density at radius 3 is 1.73 bits per heavy atom. The zero-order valence-corrected chi connectivity index (χ0v) is 10.9. The van der Waals surface area contributed by atoms with Crippen molar-refractivity contribution in [3.63, 3.8) is 0 Å². The van der Waals surface area contributed by atoms with Gasteiger partial charge in [-0.2, -0.15) is 0 Å². The second kappa shape index (κ2) is 4.90. The number of nitro groups is 2. The molecule has 0 unspecified atom stereocenters. The van der Waals surface area contributed by atoms with Gasteiger partial charge in [-0.3, -0.25) is 30.9 Å². The molecule has 9 heteroatoms. The van der Waals surface area contributed by atoms with Gasteiger partial charge in [0, 0.05) is 35.0 Å². The van der Waals surface area contributed by atoms with E-state index in [2.05, 4.69) is 4.98 Å². The van der Waals surface area contributed by atoms with Crippen molar-refractivity contribution in [2.24, 2.45) is 0 Å². The maximum absolute atomic E-state index is 10.8. The lowest BCUT2D eigenvalue weighted by Gasteiger charge is -2.09. The van der Waals surface area contributed by atoms with Crippen molar-refractivity contribution in [3.8, 4) is 0 Å². The van der Waals surface area contributed by atoms with E-state index in [1.807, 2.05) is 5.48 Å². The summed E-state index contributed by atoms with van der Waals surface area (Å²) in [6.07, 6.45) is 0. The van der Waals surface area contributed by atoms with Gasteiger partial charge < -0.3 is 0 Å². The highest BCUT2D eigenvalue weighted by Gasteiger charge is 2.15. The Balaban J connectivity index is 2.40.